The lowest BCUT2D eigenvalue weighted by atomic mass is 9.98. The van der Waals surface area contributed by atoms with Crippen LogP contribution in [-0.4, -0.2) is 6.10 Å². The van der Waals surface area contributed by atoms with Crippen molar-refractivity contribution in [2.75, 3.05) is 0 Å². The van der Waals surface area contributed by atoms with Gasteiger partial charge in [-0.2, -0.15) is 0 Å². The molecule has 0 radical (unpaired) electrons. The van der Waals surface area contributed by atoms with E-state index in [1.54, 1.807) is 0 Å². The minimum absolute atomic E-state index is 0.247. The van der Waals surface area contributed by atoms with Gasteiger partial charge in [-0.05, 0) is 12.8 Å². The summed E-state index contributed by atoms with van der Waals surface area (Å²) in [5.74, 6) is 0. The number of rotatable bonds is 2. The fourth-order valence-corrected chi connectivity index (χ4v) is 1.32. The van der Waals surface area contributed by atoms with E-state index in [2.05, 4.69) is 4.44 Å². The van der Waals surface area contributed by atoms with Crippen LogP contribution < -0.4 is 0 Å². The van der Waals surface area contributed by atoms with E-state index in [1.165, 1.54) is 19.3 Å². The van der Waals surface area contributed by atoms with E-state index in [0.717, 1.165) is 12.8 Å². The Hall–Kier alpha value is 0.210. The van der Waals surface area contributed by atoms with Gasteiger partial charge in [0.2, 0.25) is 0 Å². The molecule has 0 atom stereocenters. The van der Waals surface area contributed by atoms with E-state index >= 15 is 0 Å². The molecule has 0 unspecified atom stereocenters. The van der Waals surface area contributed by atoms with Crippen molar-refractivity contribution in [3.63, 3.8) is 0 Å². The summed E-state index contributed by atoms with van der Waals surface area (Å²) >= 11 is 4.91. The first-order chi connectivity index (χ1) is 4.43. The van der Waals surface area contributed by atoms with Crippen LogP contribution in [-0.2, 0) is 9.33 Å². The fourth-order valence-electron chi connectivity index (χ4n) is 1.21. The van der Waals surface area contributed by atoms with E-state index in [-0.39, 0.29) is 6.10 Å². The van der Waals surface area contributed by atoms with Gasteiger partial charge in [-0.25, -0.2) is 4.89 Å². The van der Waals surface area contributed by atoms with Crippen molar-refractivity contribution in [2.24, 2.45) is 0 Å². The van der Waals surface area contributed by atoms with E-state index in [4.69, 9.17) is 16.8 Å². The predicted molar refractivity (Wildman–Crippen MR) is 34.9 cm³/mol. The zero-order chi connectivity index (χ0) is 6.53. The molecular weight excluding hydrogens is 140 g/mol. The van der Waals surface area contributed by atoms with Gasteiger partial charge in [0.25, 0.3) is 0 Å². The molecular formula is C6H11ClO2. The molecule has 1 rings (SSSR count). The maximum absolute atomic E-state index is 4.91. The Balaban J connectivity index is 2.08. The van der Waals surface area contributed by atoms with Crippen molar-refractivity contribution in [3.05, 3.63) is 0 Å². The first kappa shape index (κ1) is 7.32. The molecule has 2 nitrogen and oxygen atoms in total. The highest BCUT2D eigenvalue weighted by molar-refractivity contribution is 6.06. The predicted octanol–water partition coefficient (Wildman–Crippen LogP) is 2.42. The monoisotopic (exact) mass is 150 g/mol. The number of hydrogen-bond donors (Lipinski definition) is 0. The maximum Gasteiger partial charge on any atom is 0.0999 e. The van der Waals surface area contributed by atoms with E-state index in [0.29, 0.717) is 0 Å². The SMILES string of the molecule is ClOOC1CCCCC1. The minimum Gasteiger partial charge on any atom is -0.215 e. The van der Waals surface area contributed by atoms with Crippen LogP contribution in [0.2, 0.25) is 0 Å². The molecule has 0 saturated heterocycles. The summed E-state index contributed by atoms with van der Waals surface area (Å²) in [6, 6.07) is 0. The van der Waals surface area contributed by atoms with Crippen molar-refractivity contribution in [2.45, 2.75) is 38.2 Å². The van der Waals surface area contributed by atoms with Crippen LogP contribution in [0, 0.1) is 0 Å². The molecule has 0 bridgehead atoms. The van der Waals surface area contributed by atoms with Crippen molar-refractivity contribution in [3.8, 4) is 0 Å². The molecule has 0 heterocycles. The maximum atomic E-state index is 4.91. The summed E-state index contributed by atoms with van der Waals surface area (Å²) in [5, 5.41) is 0. The Kier molecular flexibility index (Phi) is 3.33. The lowest BCUT2D eigenvalue weighted by molar-refractivity contribution is -0.247. The first-order valence-electron chi connectivity index (χ1n) is 3.37. The summed E-state index contributed by atoms with van der Waals surface area (Å²) in [7, 11) is 0. The van der Waals surface area contributed by atoms with Crippen LogP contribution in [0.5, 0.6) is 0 Å². The molecule has 0 aliphatic heterocycles. The zero-order valence-electron chi connectivity index (χ0n) is 5.31. The summed E-state index contributed by atoms with van der Waals surface area (Å²) in [6.45, 7) is 0. The van der Waals surface area contributed by atoms with Gasteiger partial charge in [0.15, 0.2) is 0 Å². The standard InChI is InChI=1S/C6H11ClO2/c7-9-8-6-4-2-1-3-5-6/h6H,1-5H2. The van der Waals surface area contributed by atoms with Crippen molar-refractivity contribution < 1.29 is 9.33 Å². The number of halogens is 1. The smallest absolute Gasteiger partial charge is 0.0999 e. The highest BCUT2D eigenvalue weighted by Gasteiger charge is 2.13. The third-order valence-electron chi connectivity index (χ3n) is 1.72. The Morgan fingerprint density at radius 1 is 1.11 bits per heavy atom. The van der Waals surface area contributed by atoms with E-state index in [9.17, 15) is 0 Å². The van der Waals surface area contributed by atoms with Crippen LogP contribution in [0.4, 0.5) is 0 Å². The second-order valence-electron chi connectivity index (χ2n) is 2.42. The molecule has 1 saturated carbocycles. The summed E-state index contributed by atoms with van der Waals surface area (Å²) in [4.78, 5) is 4.75. The van der Waals surface area contributed by atoms with Gasteiger partial charge in [-0.3, -0.25) is 0 Å². The molecule has 1 fully saturated rings. The second-order valence-corrected chi connectivity index (χ2v) is 2.55. The number of hydrogen-bond acceptors (Lipinski definition) is 2. The molecule has 0 aromatic carbocycles. The van der Waals surface area contributed by atoms with Crippen LogP contribution in [0.25, 0.3) is 0 Å². The molecule has 9 heavy (non-hydrogen) atoms. The largest absolute Gasteiger partial charge is 0.215 e. The topological polar surface area (TPSA) is 18.5 Å². The molecule has 0 aromatic heterocycles. The third-order valence-corrected chi connectivity index (χ3v) is 1.80. The lowest BCUT2D eigenvalue weighted by Gasteiger charge is -2.18. The second kappa shape index (κ2) is 4.09. The highest BCUT2D eigenvalue weighted by Crippen LogP contribution is 2.20. The molecule has 0 amide bonds. The Bertz CT molecular complexity index is 68.7. The van der Waals surface area contributed by atoms with Crippen LogP contribution in [0.1, 0.15) is 32.1 Å². The molecule has 1 aliphatic rings. The summed E-state index contributed by atoms with van der Waals surface area (Å²) < 4.78 is 4.05. The fraction of sp³-hybridized carbons (Fsp3) is 1.00. The van der Waals surface area contributed by atoms with Crippen LogP contribution in [0.15, 0.2) is 0 Å². The molecule has 0 spiro atoms. The molecule has 0 aromatic rings. The van der Waals surface area contributed by atoms with Crippen molar-refractivity contribution in [1.29, 1.82) is 0 Å². The van der Waals surface area contributed by atoms with Gasteiger partial charge in [-0.15, -0.1) is 4.44 Å². The summed E-state index contributed by atoms with van der Waals surface area (Å²) in [6.07, 6.45) is 6.23. The van der Waals surface area contributed by atoms with Gasteiger partial charge in [-0.1, -0.05) is 19.3 Å². The van der Waals surface area contributed by atoms with Gasteiger partial charge in [0, 0.05) is 0 Å². The zero-order valence-corrected chi connectivity index (χ0v) is 6.06. The molecule has 1 aliphatic carbocycles. The van der Waals surface area contributed by atoms with E-state index < -0.39 is 0 Å². The van der Waals surface area contributed by atoms with E-state index in [1.807, 2.05) is 0 Å². The molecule has 54 valence electrons. The van der Waals surface area contributed by atoms with Crippen LogP contribution >= 0.6 is 11.9 Å². The normalized spacial score (nSPS) is 22.3. The minimum atomic E-state index is 0.247. The molecule has 0 N–H and O–H groups in total. The Morgan fingerprint density at radius 3 is 2.33 bits per heavy atom. The Morgan fingerprint density at radius 2 is 1.78 bits per heavy atom. The highest BCUT2D eigenvalue weighted by atomic mass is 35.5. The average Bonchev–Trinajstić information content (AvgIpc) is 1.91. The van der Waals surface area contributed by atoms with Crippen molar-refractivity contribution >= 4 is 11.9 Å². The quantitative estimate of drug-likeness (QED) is 0.445. The first-order valence-corrected chi connectivity index (χ1v) is 3.68. The summed E-state index contributed by atoms with van der Waals surface area (Å²) in [5.41, 5.74) is 0. The Labute approximate surface area is 60.2 Å². The van der Waals surface area contributed by atoms with Gasteiger partial charge < -0.3 is 0 Å². The average molecular weight is 151 g/mol. The lowest BCUT2D eigenvalue weighted by Crippen LogP contribution is -2.14. The van der Waals surface area contributed by atoms with Gasteiger partial charge in [0.1, 0.15) is 0 Å². The van der Waals surface area contributed by atoms with Gasteiger partial charge in [0.05, 0.1) is 18.0 Å². The van der Waals surface area contributed by atoms with Crippen molar-refractivity contribution in [1.82, 2.24) is 0 Å². The third kappa shape index (κ3) is 2.52. The molecule has 3 heteroatoms. The van der Waals surface area contributed by atoms with Gasteiger partial charge >= 0.3 is 0 Å². The van der Waals surface area contributed by atoms with Crippen LogP contribution in [0.3, 0.4) is 0 Å².